The fourth-order valence-corrected chi connectivity index (χ4v) is 4.31. The molecule has 0 saturated heterocycles. The van der Waals surface area contributed by atoms with Gasteiger partial charge >= 0.3 is 0 Å². The first-order chi connectivity index (χ1) is 11.5. The molecule has 0 spiro atoms. The van der Waals surface area contributed by atoms with Crippen LogP contribution in [-0.4, -0.2) is 9.55 Å². The first-order valence-electron chi connectivity index (χ1n) is 7.55. The van der Waals surface area contributed by atoms with Crippen LogP contribution in [0, 0.1) is 13.8 Å². The van der Waals surface area contributed by atoms with Crippen LogP contribution in [0.15, 0.2) is 48.5 Å². The van der Waals surface area contributed by atoms with Crippen LogP contribution in [0.4, 0.5) is 0 Å². The second-order valence-corrected chi connectivity index (χ2v) is 7.55. The number of thiazole rings is 1. The zero-order valence-corrected chi connectivity index (χ0v) is 15.5. The molecule has 0 amide bonds. The van der Waals surface area contributed by atoms with Gasteiger partial charge in [0.25, 0.3) is 0 Å². The predicted octanol–water partition coefficient (Wildman–Crippen LogP) is 6.68. The van der Waals surface area contributed by atoms with Crippen LogP contribution in [0.3, 0.4) is 0 Å². The molecule has 2 aromatic carbocycles. The third-order valence-electron chi connectivity index (χ3n) is 4.12. The van der Waals surface area contributed by atoms with Crippen LogP contribution >= 0.6 is 34.5 Å². The summed E-state index contributed by atoms with van der Waals surface area (Å²) in [6.07, 6.45) is 0. The molecule has 0 atom stereocenters. The van der Waals surface area contributed by atoms with Crippen molar-refractivity contribution in [2.24, 2.45) is 0 Å². The van der Waals surface area contributed by atoms with Crippen LogP contribution < -0.4 is 0 Å². The fourth-order valence-electron chi connectivity index (χ4n) is 2.99. The number of aryl methyl sites for hydroxylation is 1. The van der Waals surface area contributed by atoms with Gasteiger partial charge in [-0.1, -0.05) is 35.3 Å². The van der Waals surface area contributed by atoms with E-state index in [0.717, 1.165) is 33.2 Å². The van der Waals surface area contributed by atoms with Gasteiger partial charge in [-0.05, 0) is 50.2 Å². The van der Waals surface area contributed by atoms with Gasteiger partial charge < -0.3 is 4.57 Å². The number of halogens is 2. The van der Waals surface area contributed by atoms with Crippen LogP contribution in [0.1, 0.15) is 11.4 Å². The largest absolute Gasteiger partial charge is 0.318 e. The predicted molar refractivity (Wildman–Crippen MR) is 104 cm³/mol. The summed E-state index contributed by atoms with van der Waals surface area (Å²) in [5.41, 5.74) is 5.48. The van der Waals surface area contributed by atoms with Crippen molar-refractivity contribution in [3.8, 4) is 16.3 Å². The Bertz CT molecular complexity index is 1030. The van der Waals surface area contributed by atoms with Crippen molar-refractivity contribution in [1.29, 1.82) is 0 Å². The normalized spacial score (nSPS) is 11.3. The van der Waals surface area contributed by atoms with Crippen molar-refractivity contribution in [3.63, 3.8) is 0 Å². The molecule has 5 heteroatoms. The molecular weight excluding hydrogens is 359 g/mol. The molecule has 0 aliphatic carbocycles. The lowest BCUT2D eigenvalue weighted by atomic mass is 10.2. The van der Waals surface area contributed by atoms with Crippen LogP contribution in [-0.2, 0) is 0 Å². The van der Waals surface area contributed by atoms with Crippen molar-refractivity contribution < 1.29 is 0 Å². The van der Waals surface area contributed by atoms with Crippen LogP contribution in [0.25, 0.3) is 26.5 Å². The van der Waals surface area contributed by atoms with Gasteiger partial charge in [0.1, 0.15) is 5.01 Å². The van der Waals surface area contributed by atoms with E-state index in [0.29, 0.717) is 10.0 Å². The van der Waals surface area contributed by atoms with E-state index in [9.17, 15) is 0 Å². The molecule has 4 aromatic rings. The lowest BCUT2D eigenvalue weighted by Crippen LogP contribution is -1.99. The van der Waals surface area contributed by atoms with Crippen molar-refractivity contribution in [2.45, 2.75) is 13.8 Å². The highest BCUT2D eigenvalue weighted by atomic mass is 35.5. The summed E-state index contributed by atoms with van der Waals surface area (Å²) in [4.78, 5) is 4.78. The summed E-state index contributed by atoms with van der Waals surface area (Å²) in [7, 11) is 0. The zero-order chi connectivity index (χ0) is 16.8. The van der Waals surface area contributed by atoms with Gasteiger partial charge in [0, 0.05) is 22.6 Å². The van der Waals surface area contributed by atoms with Crippen LogP contribution in [0.5, 0.6) is 0 Å². The van der Waals surface area contributed by atoms with E-state index < -0.39 is 0 Å². The average molecular weight is 373 g/mol. The number of hydrogen-bond acceptors (Lipinski definition) is 2. The second-order valence-electron chi connectivity index (χ2n) is 5.71. The number of para-hydroxylation sites is 1. The molecular formula is C19H14Cl2N2S. The number of hydrogen-bond donors (Lipinski definition) is 0. The van der Waals surface area contributed by atoms with E-state index in [1.807, 2.05) is 36.4 Å². The molecule has 0 aliphatic heterocycles. The number of aromatic nitrogens is 2. The number of fused-ring (bicyclic) bond motifs is 1. The summed E-state index contributed by atoms with van der Waals surface area (Å²) < 4.78 is 3.38. The standard InChI is InChI=1S/C19H14Cl2N2S/c1-11-9-14(19-22-17-5-3-4-6-18(17)24-19)12(2)23(11)13-7-8-15(20)16(21)10-13/h3-10H,1-2H3. The first kappa shape index (κ1) is 15.7. The monoisotopic (exact) mass is 372 g/mol. The van der Waals surface area contributed by atoms with E-state index in [4.69, 9.17) is 28.2 Å². The van der Waals surface area contributed by atoms with E-state index in [1.165, 1.54) is 4.70 Å². The Labute approximate surface area is 154 Å². The van der Waals surface area contributed by atoms with E-state index in [-0.39, 0.29) is 0 Å². The molecule has 0 unspecified atom stereocenters. The molecule has 2 heterocycles. The molecule has 120 valence electrons. The van der Waals surface area contributed by atoms with Crippen molar-refractivity contribution in [1.82, 2.24) is 9.55 Å². The quantitative estimate of drug-likeness (QED) is 0.383. The summed E-state index contributed by atoms with van der Waals surface area (Å²) in [5, 5.41) is 2.16. The second kappa shape index (κ2) is 5.92. The summed E-state index contributed by atoms with van der Waals surface area (Å²) in [6, 6.07) is 16.1. The van der Waals surface area contributed by atoms with E-state index in [1.54, 1.807) is 11.3 Å². The molecule has 0 saturated carbocycles. The highest BCUT2D eigenvalue weighted by Gasteiger charge is 2.16. The molecule has 24 heavy (non-hydrogen) atoms. The third-order valence-corrected chi connectivity index (χ3v) is 5.93. The number of rotatable bonds is 2. The Morgan fingerprint density at radius 1 is 0.958 bits per heavy atom. The molecule has 0 aliphatic rings. The third kappa shape index (κ3) is 2.53. The number of benzene rings is 2. The Hall–Kier alpha value is -1.81. The number of nitrogens with zero attached hydrogens (tertiary/aromatic N) is 2. The highest BCUT2D eigenvalue weighted by Crippen LogP contribution is 2.35. The van der Waals surface area contributed by atoms with Gasteiger partial charge in [-0.15, -0.1) is 11.3 Å². The topological polar surface area (TPSA) is 17.8 Å². The summed E-state index contributed by atoms with van der Waals surface area (Å²) in [5.74, 6) is 0. The van der Waals surface area contributed by atoms with Crippen molar-refractivity contribution in [2.75, 3.05) is 0 Å². The maximum absolute atomic E-state index is 6.19. The molecule has 0 bridgehead atoms. The lowest BCUT2D eigenvalue weighted by molar-refractivity contribution is 0.967. The Balaban J connectivity index is 1.88. The van der Waals surface area contributed by atoms with Gasteiger partial charge in [-0.25, -0.2) is 4.98 Å². The maximum atomic E-state index is 6.19. The molecule has 4 rings (SSSR count). The molecule has 2 nitrogen and oxygen atoms in total. The zero-order valence-electron chi connectivity index (χ0n) is 13.2. The minimum absolute atomic E-state index is 0.559. The summed E-state index contributed by atoms with van der Waals surface area (Å²) in [6.45, 7) is 4.20. The highest BCUT2D eigenvalue weighted by molar-refractivity contribution is 7.21. The smallest absolute Gasteiger partial charge is 0.126 e. The average Bonchev–Trinajstić information content (AvgIpc) is 3.11. The van der Waals surface area contributed by atoms with Gasteiger partial charge in [0.05, 0.1) is 20.3 Å². The minimum Gasteiger partial charge on any atom is -0.318 e. The minimum atomic E-state index is 0.559. The van der Waals surface area contributed by atoms with Crippen molar-refractivity contribution >= 4 is 44.8 Å². The van der Waals surface area contributed by atoms with Crippen LogP contribution in [0.2, 0.25) is 10.0 Å². The van der Waals surface area contributed by atoms with E-state index >= 15 is 0 Å². The fraction of sp³-hybridized carbons (Fsp3) is 0.105. The van der Waals surface area contributed by atoms with E-state index in [2.05, 4.69) is 30.5 Å². The SMILES string of the molecule is Cc1cc(-c2nc3ccccc3s2)c(C)n1-c1ccc(Cl)c(Cl)c1. The maximum Gasteiger partial charge on any atom is 0.126 e. The Kier molecular flexibility index (Phi) is 3.87. The lowest BCUT2D eigenvalue weighted by Gasteiger charge is -2.10. The molecule has 2 aromatic heterocycles. The van der Waals surface area contributed by atoms with Crippen molar-refractivity contribution in [3.05, 3.63) is 70.0 Å². The molecule has 0 fully saturated rings. The van der Waals surface area contributed by atoms with Gasteiger partial charge in [-0.2, -0.15) is 0 Å². The van der Waals surface area contributed by atoms with Gasteiger partial charge in [-0.3, -0.25) is 0 Å². The first-order valence-corrected chi connectivity index (χ1v) is 9.12. The van der Waals surface area contributed by atoms with Gasteiger partial charge in [0.2, 0.25) is 0 Å². The summed E-state index contributed by atoms with van der Waals surface area (Å²) >= 11 is 14.0. The van der Waals surface area contributed by atoms with Gasteiger partial charge in [0.15, 0.2) is 0 Å². The molecule has 0 N–H and O–H groups in total. The molecule has 0 radical (unpaired) electrons. The Morgan fingerprint density at radius 2 is 1.75 bits per heavy atom. The Morgan fingerprint density at radius 3 is 2.50 bits per heavy atom.